The van der Waals surface area contributed by atoms with E-state index in [0.717, 1.165) is 16.7 Å². The van der Waals surface area contributed by atoms with E-state index in [4.69, 9.17) is 23.8 Å². The van der Waals surface area contributed by atoms with Crippen molar-refractivity contribution in [2.45, 2.75) is 6.92 Å². The van der Waals surface area contributed by atoms with Crippen molar-refractivity contribution in [3.05, 3.63) is 69.5 Å². The molecule has 3 rings (SSSR count). The summed E-state index contributed by atoms with van der Waals surface area (Å²) in [5.41, 5.74) is 2.92. The fraction of sp³-hybridized carbons (Fsp3) is 0.0625. The number of halogens is 1. The standard InChI is InChI=1S/C16H13ClN4S/c1-11-5-4-7-12(9-11)15-19-20-16(22)21(15)18-10-13-6-2-3-8-14(13)17/h2-10H,1H3,(H,20,22). The Morgan fingerprint density at radius 3 is 2.82 bits per heavy atom. The van der Waals surface area contributed by atoms with E-state index in [1.165, 1.54) is 0 Å². The predicted octanol–water partition coefficient (Wildman–Crippen LogP) is 4.45. The molecule has 110 valence electrons. The maximum absolute atomic E-state index is 6.13. The monoisotopic (exact) mass is 328 g/mol. The van der Waals surface area contributed by atoms with Gasteiger partial charge in [-0.15, -0.1) is 0 Å². The van der Waals surface area contributed by atoms with Crippen LogP contribution in [0, 0.1) is 11.7 Å². The van der Waals surface area contributed by atoms with Gasteiger partial charge in [-0.3, -0.25) is 0 Å². The third-order valence-corrected chi connectivity index (χ3v) is 3.75. The Kier molecular flexibility index (Phi) is 4.18. The molecule has 0 spiro atoms. The first kappa shape index (κ1) is 14.7. The highest BCUT2D eigenvalue weighted by atomic mass is 35.5. The Bertz CT molecular complexity index is 895. The third-order valence-electron chi connectivity index (χ3n) is 3.14. The summed E-state index contributed by atoms with van der Waals surface area (Å²) in [6.45, 7) is 2.03. The van der Waals surface area contributed by atoms with Crippen molar-refractivity contribution in [3.63, 3.8) is 0 Å². The second-order valence-electron chi connectivity index (χ2n) is 4.80. The molecule has 22 heavy (non-hydrogen) atoms. The van der Waals surface area contributed by atoms with Crippen molar-refractivity contribution >= 4 is 30.0 Å². The molecule has 3 aromatic rings. The number of nitrogens with zero attached hydrogens (tertiary/aromatic N) is 3. The zero-order chi connectivity index (χ0) is 15.5. The van der Waals surface area contributed by atoms with E-state index in [0.29, 0.717) is 15.6 Å². The van der Waals surface area contributed by atoms with Crippen molar-refractivity contribution in [1.29, 1.82) is 0 Å². The number of benzene rings is 2. The average Bonchev–Trinajstić information content (AvgIpc) is 2.87. The number of hydrogen-bond donors (Lipinski definition) is 1. The zero-order valence-corrected chi connectivity index (χ0v) is 13.4. The molecule has 0 radical (unpaired) electrons. The van der Waals surface area contributed by atoms with Gasteiger partial charge in [-0.05, 0) is 31.3 Å². The molecule has 4 nitrogen and oxygen atoms in total. The van der Waals surface area contributed by atoms with Crippen LogP contribution in [0.2, 0.25) is 5.02 Å². The number of aryl methyl sites for hydroxylation is 1. The Morgan fingerprint density at radius 2 is 2.05 bits per heavy atom. The number of rotatable bonds is 3. The predicted molar refractivity (Wildman–Crippen MR) is 92.0 cm³/mol. The maximum atomic E-state index is 6.13. The van der Waals surface area contributed by atoms with Crippen LogP contribution in [0.15, 0.2) is 53.6 Å². The normalized spacial score (nSPS) is 11.2. The lowest BCUT2D eigenvalue weighted by Gasteiger charge is -2.02. The first-order valence-electron chi connectivity index (χ1n) is 6.68. The molecule has 0 fully saturated rings. The molecule has 0 amide bonds. The van der Waals surface area contributed by atoms with Crippen LogP contribution in [-0.2, 0) is 0 Å². The lowest BCUT2D eigenvalue weighted by atomic mass is 10.1. The molecule has 1 aromatic heterocycles. The van der Waals surface area contributed by atoms with Gasteiger partial charge in [0.1, 0.15) is 0 Å². The van der Waals surface area contributed by atoms with Crippen LogP contribution < -0.4 is 0 Å². The molecule has 6 heteroatoms. The highest BCUT2D eigenvalue weighted by molar-refractivity contribution is 7.71. The van der Waals surface area contributed by atoms with Crippen LogP contribution in [0.4, 0.5) is 0 Å². The van der Waals surface area contributed by atoms with Crippen molar-refractivity contribution < 1.29 is 0 Å². The fourth-order valence-corrected chi connectivity index (χ4v) is 2.43. The van der Waals surface area contributed by atoms with Gasteiger partial charge in [0.2, 0.25) is 4.77 Å². The molecule has 0 aliphatic heterocycles. The summed E-state index contributed by atoms with van der Waals surface area (Å²) in [5.74, 6) is 0.664. The number of hydrogen-bond acceptors (Lipinski definition) is 3. The van der Waals surface area contributed by atoms with Gasteiger partial charge in [0.15, 0.2) is 5.82 Å². The topological polar surface area (TPSA) is 46.0 Å². The minimum atomic E-state index is 0.430. The maximum Gasteiger partial charge on any atom is 0.216 e. The van der Waals surface area contributed by atoms with E-state index in [1.807, 2.05) is 55.5 Å². The molecule has 0 saturated carbocycles. The molecule has 0 saturated heterocycles. The van der Waals surface area contributed by atoms with E-state index >= 15 is 0 Å². The molecule has 1 N–H and O–H groups in total. The summed E-state index contributed by atoms with van der Waals surface area (Å²) in [6.07, 6.45) is 1.67. The van der Waals surface area contributed by atoms with Gasteiger partial charge in [0.05, 0.1) is 6.21 Å². The Labute approximate surface area is 138 Å². The largest absolute Gasteiger partial charge is 0.250 e. The van der Waals surface area contributed by atoms with Crippen molar-refractivity contribution in [2.75, 3.05) is 0 Å². The van der Waals surface area contributed by atoms with Crippen LogP contribution in [0.25, 0.3) is 11.4 Å². The van der Waals surface area contributed by atoms with Crippen molar-refractivity contribution in [2.24, 2.45) is 5.10 Å². The first-order chi connectivity index (χ1) is 10.6. The molecule has 2 aromatic carbocycles. The van der Waals surface area contributed by atoms with E-state index < -0.39 is 0 Å². The summed E-state index contributed by atoms with van der Waals surface area (Å²) in [7, 11) is 0. The van der Waals surface area contributed by atoms with Gasteiger partial charge in [-0.1, -0.05) is 53.6 Å². The SMILES string of the molecule is Cc1cccc(-c2n[nH]c(=S)n2N=Cc2ccccc2Cl)c1. The van der Waals surface area contributed by atoms with E-state index in [1.54, 1.807) is 10.9 Å². The van der Waals surface area contributed by atoms with E-state index in [-0.39, 0.29) is 0 Å². The Morgan fingerprint density at radius 1 is 1.23 bits per heavy atom. The van der Waals surface area contributed by atoms with E-state index in [2.05, 4.69) is 15.3 Å². The second kappa shape index (κ2) is 6.25. The van der Waals surface area contributed by atoms with Crippen LogP contribution in [0.3, 0.4) is 0 Å². The molecule has 0 unspecified atom stereocenters. The summed E-state index contributed by atoms with van der Waals surface area (Å²) < 4.78 is 2.02. The number of nitrogens with one attached hydrogen (secondary N) is 1. The van der Waals surface area contributed by atoms with E-state index in [9.17, 15) is 0 Å². The van der Waals surface area contributed by atoms with Crippen molar-refractivity contribution in [3.8, 4) is 11.4 Å². The van der Waals surface area contributed by atoms with Crippen LogP contribution in [0.5, 0.6) is 0 Å². The van der Waals surface area contributed by atoms with Crippen LogP contribution in [0.1, 0.15) is 11.1 Å². The third kappa shape index (κ3) is 3.00. The zero-order valence-electron chi connectivity index (χ0n) is 11.8. The summed E-state index contributed by atoms with van der Waals surface area (Å²) >= 11 is 11.4. The lowest BCUT2D eigenvalue weighted by molar-refractivity contribution is 0.871. The summed E-state index contributed by atoms with van der Waals surface area (Å²) in [4.78, 5) is 0. The highest BCUT2D eigenvalue weighted by Gasteiger charge is 2.08. The molecule has 1 heterocycles. The van der Waals surface area contributed by atoms with Gasteiger partial charge in [0.25, 0.3) is 0 Å². The highest BCUT2D eigenvalue weighted by Crippen LogP contribution is 2.19. The molecule has 0 atom stereocenters. The molecule has 0 aliphatic carbocycles. The molecular weight excluding hydrogens is 316 g/mol. The van der Waals surface area contributed by atoms with Gasteiger partial charge >= 0.3 is 0 Å². The quantitative estimate of drug-likeness (QED) is 0.570. The van der Waals surface area contributed by atoms with Crippen LogP contribution in [-0.4, -0.2) is 21.1 Å². The van der Waals surface area contributed by atoms with Gasteiger partial charge in [-0.25, -0.2) is 5.10 Å². The van der Waals surface area contributed by atoms with Crippen LogP contribution >= 0.6 is 23.8 Å². The van der Waals surface area contributed by atoms with Gasteiger partial charge < -0.3 is 0 Å². The lowest BCUT2D eigenvalue weighted by Crippen LogP contribution is -1.95. The minimum Gasteiger partial charge on any atom is -0.250 e. The van der Waals surface area contributed by atoms with Crippen molar-refractivity contribution in [1.82, 2.24) is 14.9 Å². The summed E-state index contributed by atoms with van der Waals surface area (Å²) in [5, 5.41) is 12.1. The number of aromatic amines is 1. The Hall–Kier alpha value is -2.24. The molecule has 0 aliphatic rings. The molecular formula is C16H13ClN4S. The van der Waals surface area contributed by atoms with Gasteiger partial charge in [0, 0.05) is 16.1 Å². The average molecular weight is 329 g/mol. The first-order valence-corrected chi connectivity index (χ1v) is 7.47. The summed E-state index contributed by atoms with van der Waals surface area (Å²) in [6, 6.07) is 15.5. The number of aromatic nitrogens is 3. The second-order valence-corrected chi connectivity index (χ2v) is 5.59. The fourth-order valence-electron chi connectivity index (χ4n) is 2.07. The smallest absolute Gasteiger partial charge is 0.216 e. The molecule has 0 bridgehead atoms. The number of H-pyrrole nitrogens is 1. The minimum absolute atomic E-state index is 0.430. The van der Waals surface area contributed by atoms with Gasteiger partial charge in [-0.2, -0.15) is 14.9 Å². The Balaban J connectivity index is 2.04.